The van der Waals surface area contributed by atoms with Gasteiger partial charge in [0.15, 0.2) is 0 Å². The molecule has 1 atom stereocenters. The Kier molecular flexibility index (Phi) is 5.09. The lowest BCUT2D eigenvalue weighted by molar-refractivity contribution is 0.568. The lowest BCUT2D eigenvalue weighted by atomic mass is 10.2. The van der Waals surface area contributed by atoms with E-state index in [4.69, 9.17) is 5.73 Å². The number of nitrogens with one attached hydrogen (secondary N) is 1. The smallest absolute Gasteiger partial charge is 0.0599 e. The van der Waals surface area contributed by atoms with Crippen molar-refractivity contribution in [3.05, 3.63) is 24.3 Å². The molecule has 1 aliphatic rings. The molecule has 0 aromatic heterocycles. The van der Waals surface area contributed by atoms with Crippen molar-refractivity contribution in [1.29, 1.82) is 0 Å². The molecule has 3 nitrogen and oxygen atoms in total. The maximum atomic E-state index is 5.79. The maximum Gasteiger partial charge on any atom is 0.0599 e. The standard InChI is InChI=1S/C17H33N3Si2/c1-21(2,3)17(22(4,5)6)19-15-11-12-20(13-15)16-9-7-14(18)8-10-16/h7-10,15,17,19H,11-13,18H2,1-6H3. The zero-order valence-corrected chi connectivity index (χ0v) is 17.1. The van der Waals surface area contributed by atoms with Gasteiger partial charge in [-0.1, -0.05) is 39.3 Å². The van der Waals surface area contributed by atoms with Crippen molar-refractivity contribution in [3.8, 4) is 0 Å². The van der Waals surface area contributed by atoms with Gasteiger partial charge in [-0.15, -0.1) is 0 Å². The van der Waals surface area contributed by atoms with Crippen LogP contribution in [-0.4, -0.2) is 40.6 Å². The lowest BCUT2D eigenvalue weighted by Crippen LogP contribution is -2.64. The molecule has 1 heterocycles. The highest BCUT2D eigenvalue weighted by Crippen LogP contribution is 2.24. The van der Waals surface area contributed by atoms with E-state index in [2.05, 4.69) is 61.6 Å². The van der Waals surface area contributed by atoms with Gasteiger partial charge >= 0.3 is 0 Å². The number of rotatable bonds is 5. The minimum atomic E-state index is -1.18. The van der Waals surface area contributed by atoms with Gasteiger partial charge in [-0.2, -0.15) is 0 Å². The number of hydrogen-bond acceptors (Lipinski definition) is 3. The number of benzene rings is 1. The van der Waals surface area contributed by atoms with Gasteiger partial charge in [0.1, 0.15) is 0 Å². The van der Waals surface area contributed by atoms with Crippen LogP contribution in [0.4, 0.5) is 11.4 Å². The van der Waals surface area contributed by atoms with Crippen molar-refractivity contribution >= 4 is 27.5 Å². The van der Waals surface area contributed by atoms with Gasteiger partial charge in [-0.25, -0.2) is 0 Å². The summed E-state index contributed by atoms with van der Waals surface area (Å²) < 4.78 is 0. The van der Waals surface area contributed by atoms with E-state index in [0.717, 1.165) is 24.1 Å². The Morgan fingerprint density at radius 2 is 1.59 bits per heavy atom. The highest BCUT2D eigenvalue weighted by molar-refractivity contribution is 6.96. The predicted molar refractivity (Wildman–Crippen MR) is 105 cm³/mol. The quantitative estimate of drug-likeness (QED) is 0.638. The molecule has 1 aromatic carbocycles. The number of hydrogen-bond donors (Lipinski definition) is 2. The van der Waals surface area contributed by atoms with Crippen LogP contribution < -0.4 is 16.0 Å². The van der Waals surface area contributed by atoms with E-state index in [1.54, 1.807) is 0 Å². The first-order valence-corrected chi connectivity index (χ1v) is 15.6. The summed E-state index contributed by atoms with van der Waals surface area (Å²) >= 11 is 0. The van der Waals surface area contributed by atoms with Crippen LogP contribution in [0, 0.1) is 0 Å². The van der Waals surface area contributed by atoms with Gasteiger partial charge in [0.05, 0.1) is 16.1 Å². The zero-order chi connectivity index (χ0) is 16.5. The highest BCUT2D eigenvalue weighted by atomic mass is 28.4. The average Bonchev–Trinajstić information content (AvgIpc) is 2.83. The van der Waals surface area contributed by atoms with Gasteiger partial charge in [0.2, 0.25) is 0 Å². The monoisotopic (exact) mass is 335 g/mol. The molecule has 2 rings (SSSR count). The van der Waals surface area contributed by atoms with Crippen molar-refractivity contribution in [2.45, 2.75) is 57.0 Å². The van der Waals surface area contributed by atoms with Crippen molar-refractivity contribution in [2.24, 2.45) is 0 Å². The molecule has 0 saturated carbocycles. The Balaban J connectivity index is 2.02. The molecule has 0 bridgehead atoms. The molecule has 124 valence electrons. The Bertz CT molecular complexity index is 474. The summed E-state index contributed by atoms with van der Waals surface area (Å²) in [6, 6.07) is 8.92. The van der Waals surface area contributed by atoms with E-state index >= 15 is 0 Å². The van der Waals surface area contributed by atoms with Gasteiger partial charge in [0, 0.05) is 30.5 Å². The van der Waals surface area contributed by atoms with Gasteiger partial charge in [0.25, 0.3) is 0 Å². The van der Waals surface area contributed by atoms with Crippen LogP contribution >= 0.6 is 0 Å². The number of anilines is 2. The molecular formula is C17H33N3Si2. The topological polar surface area (TPSA) is 41.3 Å². The van der Waals surface area contributed by atoms with Crippen LogP contribution in [0.2, 0.25) is 39.3 Å². The number of nitrogens with zero attached hydrogens (tertiary/aromatic N) is 1. The van der Waals surface area contributed by atoms with Crippen LogP contribution in [0.15, 0.2) is 24.3 Å². The summed E-state index contributed by atoms with van der Waals surface area (Å²) in [4.78, 5) is 2.49. The molecule has 0 radical (unpaired) electrons. The fraction of sp³-hybridized carbons (Fsp3) is 0.647. The summed E-state index contributed by atoms with van der Waals surface area (Å²) in [6.45, 7) is 17.3. The first-order chi connectivity index (χ1) is 10.1. The average molecular weight is 336 g/mol. The van der Waals surface area contributed by atoms with Crippen LogP contribution in [0.25, 0.3) is 0 Å². The molecule has 5 heteroatoms. The molecular weight excluding hydrogens is 302 g/mol. The molecule has 0 spiro atoms. The maximum absolute atomic E-state index is 5.79. The second-order valence-corrected chi connectivity index (χ2v) is 20.1. The summed E-state index contributed by atoms with van der Waals surface area (Å²) in [6.07, 6.45) is 1.25. The summed E-state index contributed by atoms with van der Waals surface area (Å²) in [5, 5.41) is 4.84. The molecule has 0 amide bonds. The van der Waals surface area contributed by atoms with Gasteiger partial charge in [-0.05, 0) is 36.0 Å². The van der Waals surface area contributed by atoms with Crippen molar-refractivity contribution in [1.82, 2.24) is 5.32 Å². The molecule has 1 aliphatic heterocycles. The second kappa shape index (κ2) is 6.37. The predicted octanol–water partition coefficient (Wildman–Crippen LogP) is 3.56. The lowest BCUT2D eigenvalue weighted by Gasteiger charge is -2.41. The molecule has 1 aromatic rings. The largest absolute Gasteiger partial charge is 0.399 e. The number of nitrogen functional groups attached to an aromatic ring is 1. The van der Waals surface area contributed by atoms with Crippen molar-refractivity contribution in [3.63, 3.8) is 0 Å². The van der Waals surface area contributed by atoms with Crippen LogP contribution in [0.5, 0.6) is 0 Å². The van der Waals surface area contributed by atoms with Gasteiger partial charge < -0.3 is 16.0 Å². The zero-order valence-electron chi connectivity index (χ0n) is 15.1. The first-order valence-electron chi connectivity index (χ1n) is 8.44. The Morgan fingerprint density at radius 1 is 1.05 bits per heavy atom. The van der Waals surface area contributed by atoms with E-state index in [1.165, 1.54) is 12.1 Å². The van der Waals surface area contributed by atoms with E-state index in [9.17, 15) is 0 Å². The van der Waals surface area contributed by atoms with E-state index < -0.39 is 16.1 Å². The molecule has 1 saturated heterocycles. The van der Waals surface area contributed by atoms with Crippen LogP contribution in [-0.2, 0) is 0 Å². The summed E-state index contributed by atoms with van der Waals surface area (Å²) in [5.41, 5.74) is 7.94. The van der Waals surface area contributed by atoms with E-state index in [0.29, 0.717) is 6.04 Å². The molecule has 1 unspecified atom stereocenters. The van der Waals surface area contributed by atoms with Crippen LogP contribution in [0.3, 0.4) is 0 Å². The normalized spacial score (nSPS) is 20.0. The Labute approximate surface area is 138 Å². The third-order valence-electron chi connectivity index (χ3n) is 4.58. The fourth-order valence-electron chi connectivity index (χ4n) is 3.85. The summed E-state index contributed by atoms with van der Waals surface area (Å²) in [5.74, 6) is 0. The number of nitrogens with two attached hydrogens (primary N) is 1. The third-order valence-corrected chi connectivity index (χ3v) is 13.6. The fourth-order valence-corrected chi connectivity index (χ4v) is 15.7. The SMILES string of the molecule is C[Si](C)(C)C(NC1CCN(c2ccc(N)cc2)C1)[Si](C)(C)C. The van der Waals surface area contributed by atoms with E-state index in [-0.39, 0.29) is 0 Å². The summed E-state index contributed by atoms with van der Waals surface area (Å²) in [7, 11) is -2.37. The van der Waals surface area contributed by atoms with Crippen molar-refractivity contribution in [2.75, 3.05) is 23.7 Å². The van der Waals surface area contributed by atoms with Crippen molar-refractivity contribution < 1.29 is 0 Å². The minimum absolute atomic E-state index is 0.626. The first kappa shape index (κ1) is 17.6. The van der Waals surface area contributed by atoms with Gasteiger partial charge in [-0.3, -0.25) is 0 Å². The Morgan fingerprint density at radius 3 is 2.09 bits per heavy atom. The van der Waals surface area contributed by atoms with Crippen LogP contribution in [0.1, 0.15) is 6.42 Å². The third kappa shape index (κ3) is 4.36. The molecule has 22 heavy (non-hydrogen) atoms. The minimum Gasteiger partial charge on any atom is -0.399 e. The molecule has 0 aliphatic carbocycles. The second-order valence-electron chi connectivity index (χ2n) is 8.85. The molecule has 1 fully saturated rings. The Hall–Kier alpha value is -0.786. The molecule has 3 N–H and O–H groups in total. The van der Waals surface area contributed by atoms with E-state index in [1.807, 2.05) is 12.1 Å². The highest BCUT2D eigenvalue weighted by Gasteiger charge is 2.39.